The number of thiol groups is 1. The quantitative estimate of drug-likeness (QED) is 0.780. The van der Waals surface area contributed by atoms with E-state index >= 15 is 0 Å². The molecule has 0 amide bonds. The molecule has 0 aromatic carbocycles. The Morgan fingerprint density at radius 2 is 1.88 bits per heavy atom. The van der Waals surface area contributed by atoms with E-state index in [2.05, 4.69) is 31.4 Å². The number of morpholine rings is 1. The van der Waals surface area contributed by atoms with E-state index in [0.717, 1.165) is 25.5 Å². The summed E-state index contributed by atoms with van der Waals surface area (Å²) in [6.45, 7) is 8.68. The minimum absolute atomic E-state index is 0.200. The Morgan fingerprint density at radius 1 is 1.18 bits per heavy atom. The summed E-state index contributed by atoms with van der Waals surface area (Å²) < 4.78 is 5.61. The molecule has 0 spiro atoms. The Kier molecular flexibility index (Phi) is 4.43. The van der Waals surface area contributed by atoms with Gasteiger partial charge in [0.25, 0.3) is 0 Å². The molecular formula is C14H27NOS. The van der Waals surface area contributed by atoms with Gasteiger partial charge in [0, 0.05) is 18.6 Å². The summed E-state index contributed by atoms with van der Waals surface area (Å²) in [6.07, 6.45) is 6.94. The summed E-state index contributed by atoms with van der Waals surface area (Å²) in [5.74, 6) is 1.04. The van der Waals surface area contributed by atoms with Gasteiger partial charge in [-0.1, -0.05) is 19.3 Å². The fourth-order valence-corrected chi connectivity index (χ4v) is 3.67. The summed E-state index contributed by atoms with van der Waals surface area (Å²) in [4.78, 5) is 2.64. The molecule has 1 aliphatic heterocycles. The second-order valence-corrected chi connectivity index (χ2v) is 6.82. The minimum atomic E-state index is 0.200. The van der Waals surface area contributed by atoms with Gasteiger partial charge in [-0.05, 0) is 37.9 Å². The average molecular weight is 257 g/mol. The molecule has 1 heterocycles. The van der Waals surface area contributed by atoms with Gasteiger partial charge in [0.2, 0.25) is 0 Å². The zero-order valence-corrected chi connectivity index (χ0v) is 12.3. The molecular weight excluding hydrogens is 230 g/mol. The van der Waals surface area contributed by atoms with E-state index in [-0.39, 0.29) is 5.54 Å². The van der Waals surface area contributed by atoms with Crippen LogP contribution in [0.5, 0.6) is 0 Å². The van der Waals surface area contributed by atoms with Crippen LogP contribution in [0.1, 0.15) is 46.0 Å². The van der Waals surface area contributed by atoms with Crippen molar-refractivity contribution < 1.29 is 4.74 Å². The Balaban J connectivity index is 2.01. The smallest absolute Gasteiger partial charge is 0.0645 e. The third kappa shape index (κ3) is 3.18. The number of ether oxygens (including phenoxy) is 1. The summed E-state index contributed by atoms with van der Waals surface area (Å²) in [5.41, 5.74) is 0.668. The molecule has 1 saturated heterocycles. The van der Waals surface area contributed by atoms with Gasteiger partial charge in [0.05, 0.1) is 13.2 Å². The standard InChI is InChI=1S/C14H27NOS/c1-13(2)11-16-9-8-15(13)10-14(12-17)6-4-3-5-7-14/h17H,3-12H2,1-2H3. The molecule has 0 bridgehead atoms. The first kappa shape index (κ1) is 13.7. The van der Waals surface area contributed by atoms with Crippen LogP contribution in [0.3, 0.4) is 0 Å². The van der Waals surface area contributed by atoms with Gasteiger partial charge in [-0.2, -0.15) is 12.6 Å². The Labute approximate surface area is 112 Å². The van der Waals surface area contributed by atoms with Crippen molar-refractivity contribution in [3.63, 3.8) is 0 Å². The van der Waals surface area contributed by atoms with Crippen molar-refractivity contribution in [3.8, 4) is 0 Å². The van der Waals surface area contributed by atoms with Crippen molar-refractivity contribution in [1.82, 2.24) is 4.90 Å². The van der Waals surface area contributed by atoms with Crippen LogP contribution in [0.4, 0.5) is 0 Å². The molecule has 100 valence electrons. The molecule has 2 rings (SSSR count). The Morgan fingerprint density at radius 3 is 2.47 bits per heavy atom. The van der Waals surface area contributed by atoms with Crippen LogP contribution in [0.15, 0.2) is 0 Å². The maximum Gasteiger partial charge on any atom is 0.0645 e. The van der Waals surface area contributed by atoms with Crippen LogP contribution in [0.2, 0.25) is 0 Å². The molecule has 3 heteroatoms. The third-order valence-corrected chi connectivity index (χ3v) is 5.26. The van der Waals surface area contributed by atoms with Crippen molar-refractivity contribution in [3.05, 3.63) is 0 Å². The maximum absolute atomic E-state index is 5.61. The van der Waals surface area contributed by atoms with Crippen LogP contribution in [-0.4, -0.2) is 42.5 Å². The van der Waals surface area contributed by atoms with Gasteiger partial charge in [-0.25, -0.2) is 0 Å². The molecule has 1 aliphatic carbocycles. The number of rotatable bonds is 3. The van der Waals surface area contributed by atoms with E-state index in [0.29, 0.717) is 5.41 Å². The van der Waals surface area contributed by atoms with E-state index < -0.39 is 0 Å². The zero-order chi connectivity index (χ0) is 12.4. The summed E-state index contributed by atoms with van der Waals surface area (Å²) >= 11 is 4.65. The molecule has 17 heavy (non-hydrogen) atoms. The van der Waals surface area contributed by atoms with Crippen molar-refractivity contribution in [2.75, 3.05) is 32.1 Å². The summed E-state index contributed by atoms with van der Waals surface area (Å²) in [6, 6.07) is 0. The normalized spacial score (nSPS) is 29.1. The van der Waals surface area contributed by atoms with Crippen molar-refractivity contribution in [2.24, 2.45) is 5.41 Å². The lowest BCUT2D eigenvalue weighted by atomic mass is 9.74. The van der Waals surface area contributed by atoms with E-state index in [1.54, 1.807) is 0 Å². The first-order valence-electron chi connectivity index (χ1n) is 7.02. The first-order valence-corrected chi connectivity index (χ1v) is 7.65. The second kappa shape index (κ2) is 5.50. The lowest BCUT2D eigenvalue weighted by Crippen LogP contribution is -2.56. The third-order valence-electron chi connectivity index (χ3n) is 4.59. The number of hydrogen-bond donors (Lipinski definition) is 1. The van der Waals surface area contributed by atoms with Crippen LogP contribution >= 0.6 is 12.6 Å². The molecule has 2 fully saturated rings. The fourth-order valence-electron chi connectivity index (χ4n) is 3.26. The molecule has 0 aromatic rings. The topological polar surface area (TPSA) is 12.5 Å². The number of hydrogen-bond acceptors (Lipinski definition) is 3. The fraction of sp³-hybridized carbons (Fsp3) is 1.00. The highest BCUT2D eigenvalue weighted by Gasteiger charge is 2.38. The van der Waals surface area contributed by atoms with E-state index in [4.69, 9.17) is 4.74 Å². The van der Waals surface area contributed by atoms with Gasteiger partial charge in [-0.15, -0.1) is 0 Å². The van der Waals surface area contributed by atoms with Gasteiger partial charge in [-0.3, -0.25) is 4.90 Å². The second-order valence-electron chi connectivity index (χ2n) is 6.51. The molecule has 1 saturated carbocycles. The highest BCUT2D eigenvalue weighted by Crippen LogP contribution is 2.39. The van der Waals surface area contributed by atoms with Crippen molar-refractivity contribution >= 4 is 12.6 Å². The van der Waals surface area contributed by atoms with Crippen LogP contribution < -0.4 is 0 Å². The Bertz CT molecular complexity index is 249. The van der Waals surface area contributed by atoms with Gasteiger partial charge >= 0.3 is 0 Å². The molecule has 0 radical (unpaired) electrons. The van der Waals surface area contributed by atoms with Gasteiger partial charge in [0.1, 0.15) is 0 Å². The van der Waals surface area contributed by atoms with E-state index in [1.807, 2.05) is 0 Å². The lowest BCUT2D eigenvalue weighted by molar-refractivity contribution is -0.0696. The maximum atomic E-state index is 5.61. The molecule has 0 aromatic heterocycles. The van der Waals surface area contributed by atoms with E-state index in [1.165, 1.54) is 38.6 Å². The van der Waals surface area contributed by atoms with Crippen LogP contribution in [-0.2, 0) is 4.74 Å². The number of nitrogens with zero attached hydrogens (tertiary/aromatic N) is 1. The van der Waals surface area contributed by atoms with Crippen LogP contribution in [0, 0.1) is 5.41 Å². The monoisotopic (exact) mass is 257 g/mol. The van der Waals surface area contributed by atoms with Crippen LogP contribution in [0.25, 0.3) is 0 Å². The Hall–Kier alpha value is 0.270. The minimum Gasteiger partial charge on any atom is -0.378 e. The molecule has 2 aliphatic rings. The van der Waals surface area contributed by atoms with Gasteiger partial charge < -0.3 is 4.74 Å². The SMILES string of the molecule is CC1(C)COCCN1CC1(CS)CCCCC1. The molecule has 0 N–H and O–H groups in total. The predicted molar refractivity (Wildman–Crippen MR) is 75.8 cm³/mol. The van der Waals surface area contributed by atoms with Crippen molar-refractivity contribution in [1.29, 1.82) is 0 Å². The van der Waals surface area contributed by atoms with Gasteiger partial charge in [0.15, 0.2) is 0 Å². The van der Waals surface area contributed by atoms with Crippen molar-refractivity contribution in [2.45, 2.75) is 51.5 Å². The largest absolute Gasteiger partial charge is 0.378 e. The van der Waals surface area contributed by atoms with E-state index in [9.17, 15) is 0 Å². The zero-order valence-electron chi connectivity index (χ0n) is 11.4. The highest BCUT2D eigenvalue weighted by molar-refractivity contribution is 7.80. The lowest BCUT2D eigenvalue weighted by Gasteiger charge is -2.48. The first-order chi connectivity index (χ1) is 8.08. The highest BCUT2D eigenvalue weighted by atomic mass is 32.1. The molecule has 2 nitrogen and oxygen atoms in total. The predicted octanol–water partition coefficient (Wildman–Crippen LogP) is 2.98. The molecule has 0 unspecified atom stereocenters. The summed E-state index contributed by atoms with van der Waals surface area (Å²) in [5, 5.41) is 0. The summed E-state index contributed by atoms with van der Waals surface area (Å²) in [7, 11) is 0. The molecule has 0 atom stereocenters. The average Bonchev–Trinajstić information content (AvgIpc) is 2.33.